The molecule has 0 radical (unpaired) electrons. The van der Waals surface area contributed by atoms with Gasteiger partial charge >= 0.3 is 0 Å². The molecule has 1 aliphatic heterocycles. The van der Waals surface area contributed by atoms with E-state index < -0.39 is 0 Å². The van der Waals surface area contributed by atoms with Crippen LogP contribution in [-0.2, 0) is 12.8 Å². The molecule has 4 heteroatoms. The Morgan fingerprint density at radius 3 is 2.70 bits per heavy atom. The van der Waals surface area contributed by atoms with Crippen LogP contribution in [0.5, 0.6) is 5.75 Å². The summed E-state index contributed by atoms with van der Waals surface area (Å²) in [5.41, 5.74) is 3.25. The fraction of sp³-hybridized carbons (Fsp3) is 0.474. The van der Waals surface area contributed by atoms with E-state index in [1.807, 2.05) is 18.2 Å². The zero-order valence-electron chi connectivity index (χ0n) is 13.6. The van der Waals surface area contributed by atoms with Gasteiger partial charge in [-0.1, -0.05) is 19.1 Å². The van der Waals surface area contributed by atoms with Crippen LogP contribution < -0.4 is 4.90 Å². The van der Waals surface area contributed by atoms with Crippen LogP contribution >= 0.6 is 0 Å². The van der Waals surface area contributed by atoms with Gasteiger partial charge in [-0.2, -0.15) is 0 Å². The molecule has 1 atom stereocenters. The maximum Gasteiger partial charge on any atom is 0.165 e. The minimum atomic E-state index is 0.254. The number of anilines is 1. The lowest BCUT2D eigenvalue weighted by Gasteiger charge is -2.27. The van der Waals surface area contributed by atoms with Crippen molar-refractivity contribution in [2.45, 2.75) is 39.0 Å². The van der Waals surface area contributed by atoms with Crippen molar-refractivity contribution in [3.8, 4) is 17.1 Å². The van der Waals surface area contributed by atoms with Crippen LogP contribution in [0.3, 0.4) is 0 Å². The normalized spacial score (nSPS) is 20.6. The van der Waals surface area contributed by atoms with Gasteiger partial charge in [0.15, 0.2) is 5.82 Å². The SMILES string of the molecule is CC1CCc2nc(-c3ccccc3O)nc(N3CCCC3)c2C1. The van der Waals surface area contributed by atoms with Crippen molar-refractivity contribution in [2.75, 3.05) is 18.0 Å². The Kier molecular flexibility index (Phi) is 3.68. The molecule has 1 fully saturated rings. The maximum absolute atomic E-state index is 10.2. The summed E-state index contributed by atoms with van der Waals surface area (Å²) in [6, 6.07) is 7.36. The van der Waals surface area contributed by atoms with Crippen LogP contribution in [0.15, 0.2) is 24.3 Å². The number of aromatic hydroxyl groups is 1. The third-order valence-corrected chi connectivity index (χ3v) is 5.05. The lowest BCUT2D eigenvalue weighted by atomic mass is 9.87. The van der Waals surface area contributed by atoms with Gasteiger partial charge in [0.1, 0.15) is 11.6 Å². The Hall–Kier alpha value is -2.10. The first-order chi connectivity index (χ1) is 11.2. The van der Waals surface area contributed by atoms with Crippen molar-refractivity contribution >= 4 is 5.82 Å². The number of aryl methyl sites for hydroxylation is 1. The summed E-state index contributed by atoms with van der Waals surface area (Å²) in [7, 11) is 0. The van der Waals surface area contributed by atoms with Gasteiger partial charge in [-0.15, -0.1) is 0 Å². The predicted molar refractivity (Wildman–Crippen MR) is 91.8 cm³/mol. The van der Waals surface area contributed by atoms with Gasteiger partial charge in [-0.25, -0.2) is 9.97 Å². The molecule has 2 aromatic rings. The lowest BCUT2D eigenvalue weighted by molar-refractivity contribution is 0.476. The van der Waals surface area contributed by atoms with E-state index in [4.69, 9.17) is 9.97 Å². The van der Waals surface area contributed by atoms with E-state index in [-0.39, 0.29) is 5.75 Å². The standard InChI is InChI=1S/C19H23N3O/c1-13-8-9-16-15(12-13)19(22-10-4-5-11-22)21-18(20-16)14-6-2-3-7-17(14)23/h2-3,6-7,13,23H,4-5,8-12H2,1H3. The maximum atomic E-state index is 10.2. The first-order valence-corrected chi connectivity index (χ1v) is 8.65. The smallest absolute Gasteiger partial charge is 0.165 e. The molecule has 4 rings (SSSR count). The number of benzene rings is 1. The van der Waals surface area contributed by atoms with Crippen molar-refractivity contribution in [3.63, 3.8) is 0 Å². The van der Waals surface area contributed by atoms with E-state index in [2.05, 4.69) is 11.8 Å². The fourth-order valence-electron chi connectivity index (χ4n) is 3.74. The summed E-state index contributed by atoms with van der Waals surface area (Å²) < 4.78 is 0. The number of rotatable bonds is 2. The fourth-order valence-corrected chi connectivity index (χ4v) is 3.74. The predicted octanol–water partition coefficient (Wildman–Crippen LogP) is 3.57. The molecule has 23 heavy (non-hydrogen) atoms. The first kappa shape index (κ1) is 14.5. The second-order valence-corrected chi connectivity index (χ2v) is 6.86. The van der Waals surface area contributed by atoms with E-state index >= 15 is 0 Å². The molecule has 1 aliphatic carbocycles. The molecule has 1 aromatic carbocycles. The highest BCUT2D eigenvalue weighted by molar-refractivity contribution is 5.66. The van der Waals surface area contributed by atoms with Crippen LogP contribution in [0.2, 0.25) is 0 Å². The zero-order chi connectivity index (χ0) is 15.8. The second kappa shape index (κ2) is 5.84. The lowest BCUT2D eigenvalue weighted by Crippen LogP contribution is -2.25. The molecule has 1 N–H and O–H groups in total. The highest BCUT2D eigenvalue weighted by Crippen LogP contribution is 2.35. The van der Waals surface area contributed by atoms with Crippen LogP contribution in [0.4, 0.5) is 5.82 Å². The highest BCUT2D eigenvalue weighted by Gasteiger charge is 2.26. The molecular formula is C19H23N3O. The average molecular weight is 309 g/mol. The summed E-state index contributed by atoms with van der Waals surface area (Å²) in [4.78, 5) is 12.1. The van der Waals surface area contributed by atoms with Crippen LogP contribution in [0, 0.1) is 5.92 Å². The molecule has 120 valence electrons. The molecular weight excluding hydrogens is 286 g/mol. The van der Waals surface area contributed by atoms with Crippen molar-refractivity contribution in [1.82, 2.24) is 9.97 Å². The topological polar surface area (TPSA) is 49.3 Å². The zero-order valence-corrected chi connectivity index (χ0v) is 13.6. The molecule has 2 aliphatic rings. The van der Waals surface area contributed by atoms with E-state index in [1.54, 1.807) is 6.07 Å². The Bertz CT molecular complexity index is 723. The van der Waals surface area contributed by atoms with E-state index in [9.17, 15) is 5.11 Å². The molecule has 1 aromatic heterocycles. The van der Waals surface area contributed by atoms with Crippen molar-refractivity contribution in [3.05, 3.63) is 35.5 Å². The number of fused-ring (bicyclic) bond motifs is 1. The van der Waals surface area contributed by atoms with Gasteiger partial charge in [-0.05, 0) is 50.2 Å². The Labute approximate surface area is 137 Å². The number of nitrogens with zero attached hydrogens (tertiary/aromatic N) is 3. The van der Waals surface area contributed by atoms with Crippen LogP contribution in [-0.4, -0.2) is 28.2 Å². The van der Waals surface area contributed by atoms with Crippen LogP contribution in [0.25, 0.3) is 11.4 Å². The number of hydrogen-bond acceptors (Lipinski definition) is 4. The molecule has 0 amide bonds. The van der Waals surface area contributed by atoms with Crippen molar-refractivity contribution in [2.24, 2.45) is 5.92 Å². The van der Waals surface area contributed by atoms with E-state index in [0.29, 0.717) is 11.7 Å². The van der Waals surface area contributed by atoms with Gasteiger partial charge in [-0.3, -0.25) is 0 Å². The molecule has 1 saturated heterocycles. The molecule has 4 nitrogen and oxygen atoms in total. The third kappa shape index (κ3) is 2.67. The Morgan fingerprint density at radius 2 is 1.91 bits per heavy atom. The minimum absolute atomic E-state index is 0.254. The second-order valence-electron chi connectivity index (χ2n) is 6.86. The summed E-state index contributed by atoms with van der Waals surface area (Å²) >= 11 is 0. The molecule has 2 heterocycles. The number of phenolic OH excluding ortho intramolecular Hbond substituents is 1. The van der Waals surface area contributed by atoms with Crippen molar-refractivity contribution < 1.29 is 5.11 Å². The summed E-state index contributed by atoms with van der Waals surface area (Å²) in [5.74, 6) is 2.73. The third-order valence-electron chi connectivity index (χ3n) is 5.05. The monoisotopic (exact) mass is 309 g/mol. The van der Waals surface area contributed by atoms with Gasteiger partial charge in [0, 0.05) is 24.3 Å². The quantitative estimate of drug-likeness (QED) is 0.921. The molecule has 1 unspecified atom stereocenters. The van der Waals surface area contributed by atoms with E-state index in [0.717, 1.165) is 37.3 Å². The Morgan fingerprint density at radius 1 is 1.13 bits per heavy atom. The minimum Gasteiger partial charge on any atom is -0.507 e. The Balaban J connectivity index is 1.85. The highest BCUT2D eigenvalue weighted by atomic mass is 16.3. The average Bonchev–Trinajstić information content (AvgIpc) is 3.09. The molecule has 0 bridgehead atoms. The van der Waals surface area contributed by atoms with Crippen LogP contribution in [0.1, 0.15) is 37.4 Å². The number of phenols is 1. The van der Waals surface area contributed by atoms with Crippen molar-refractivity contribution in [1.29, 1.82) is 0 Å². The molecule has 0 spiro atoms. The van der Waals surface area contributed by atoms with E-state index in [1.165, 1.54) is 30.5 Å². The first-order valence-electron chi connectivity index (χ1n) is 8.65. The number of para-hydroxylation sites is 1. The molecule has 0 saturated carbocycles. The summed E-state index contributed by atoms with van der Waals surface area (Å²) in [6.45, 7) is 4.48. The summed E-state index contributed by atoms with van der Waals surface area (Å²) in [6.07, 6.45) is 5.74. The largest absolute Gasteiger partial charge is 0.507 e. The van der Waals surface area contributed by atoms with Gasteiger partial charge in [0.2, 0.25) is 0 Å². The van der Waals surface area contributed by atoms with Gasteiger partial charge < -0.3 is 10.0 Å². The number of hydrogen-bond donors (Lipinski definition) is 1. The summed E-state index contributed by atoms with van der Waals surface area (Å²) in [5, 5.41) is 10.2. The van der Waals surface area contributed by atoms with Gasteiger partial charge in [0.25, 0.3) is 0 Å². The van der Waals surface area contributed by atoms with Gasteiger partial charge in [0.05, 0.1) is 5.56 Å². The number of aromatic nitrogens is 2.